The lowest BCUT2D eigenvalue weighted by atomic mass is 10.1. The van der Waals surface area contributed by atoms with E-state index in [0.717, 1.165) is 0 Å². The van der Waals surface area contributed by atoms with Gasteiger partial charge in [0, 0.05) is 18.7 Å². The van der Waals surface area contributed by atoms with Crippen LogP contribution < -0.4 is 5.32 Å². The highest BCUT2D eigenvalue weighted by molar-refractivity contribution is 5.77. The van der Waals surface area contributed by atoms with E-state index in [1.165, 1.54) is 11.0 Å². The second-order valence-corrected chi connectivity index (χ2v) is 4.96. The SMILES string of the molecule is CC(NC(=O)N1CCC(C(=O)O)C1)c1ccccc1F. The van der Waals surface area contributed by atoms with E-state index < -0.39 is 17.9 Å². The average Bonchev–Trinajstić information content (AvgIpc) is 2.88. The van der Waals surface area contributed by atoms with E-state index in [-0.39, 0.29) is 18.4 Å². The molecule has 2 amide bonds. The quantitative estimate of drug-likeness (QED) is 0.889. The first-order chi connectivity index (χ1) is 9.49. The zero-order valence-corrected chi connectivity index (χ0v) is 11.2. The Bertz CT molecular complexity index is 521. The molecule has 1 saturated heterocycles. The molecule has 1 heterocycles. The van der Waals surface area contributed by atoms with Gasteiger partial charge in [0.05, 0.1) is 12.0 Å². The van der Waals surface area contributed by atoms with Gasteiger partial charge in [0.25, 0.3) is 0 Å². The Morgan fingerprint density at radius 2 is 2.15 bits per heavy atom. The number of carbonyl (C=O) groups is 2. The number of carboxylic acids is 1. The van der Waals surface area contributed by atoms with Crippen molar-refractivity contribution in [1.29, 1.82) is 0 Å². The monoisotopic (exact) mass is 280 g/mol. The lowest BCUT2D eigenvalue weighted by Gasteiger charge is -2.21. The minimum absolute atomic E-state index is 0.200. The predicted octanol–water partition coefficient (Wildman–Crippen LogP) is 2.00. The van der Waals surface area contributed by atoms with Crippen molar-refractivity contribution >= 4 is 12.0 Å². The van der Waals surface area contributed by atoms with Crippen molar-refractivity contribution in [2.24, 2.45) is 5.92 Å². The van der Waals surface area contributed by atoms with Crippen molar-refractivity contribution in [3.63, 3.8) is 0 Å². The zero-order chi connectivity index (χ0) is 14.7. The minimum Gasteiger partial charge on any atom is -0.481 e. The van der Waals surface area contributed by atoms with Crippen LogP contribution in [0.5, 0.6) is 0 Å². The number of benzene rings is 1. The summed E-state index contributed by atoms with van der Waals surface area (Å²) in [5.74, 6) is -1.77. The number of nitrogens with zero attached hydrogens (tertiary/aromatic N) is 1. The molecule has 0 radical (unpaired) electrons. The minimum atomic E-state index is -0.887. The molecular weight excluding hydrogens is 263 g/mol. The van der Waals surface area contributed by atoms with Gasteiger partial charge in [-0.05, 0) is 19.4 Å². The van der Waals surface area contributed by atoms with E-state index in [1.54, 1.807) is 25.1 Å². The van der Waals surface area contributed by atoms with Gasteiger partial charge < -0.3 is 15.3 Å². The molecule has 108 valence electrons. The molecule has 1 aliphatic heterocycles. The first kappa shape index (κ1) is 14.3. The third kappa shape index (κ3) is 3.07. The normalized spacial score (nSPS) is 19.7. The van der Waals surface area contributed by atoms with Crippen LogP contribution in [0.3, 0.4) is 0 Å². The van der Waals surface area contributed by atoms with E-state index in [9.17, 15) is 14.0 Å². The summed E-state index contributed by atoms with van der Waals surface area (Å²) in [6, 6.07) is 5.43. The fourth-order valence-electron chi connectivity index (χ4n) is 2.33. The lowest BCUT2D eigenvalue weighted by Crippen LogP contribution is -2.40. The summed E-state index contributed by atoms with van der Waals surface area (Å²) < 4.78 is 13.6. The number of nitrogens with one attached hydrogen (secondary N) is 1. The highest BCUT2D eigenvalue weighted by atomic mass is 19.1. The van der Waals surface area contributed by atoms with Crippen LogP contribution in [0.25, 0.3) is 0 Å². The van der Waals surface area contributed by atoms with Crippen LogP contribution in [-0.2, 0) is 4.79 Å². The number of amides is 2. The van der Waals surface area contributed by atoms with Crippen LogP contribution in [0.15, 0.2) is 24.3 Å². The van der Waals surface area contributed by atoms with Crippen LogP contribution in [0, 0.1) is 11.7 Å². The standard InChI is InChI=1S/C14H17FN2O3/c1-9(11-4-2-3-5-12(11)15)16-14(20)17-7-6-10(8-17)13(18)19/h2-5,9-10H,6-8H2,1H3,(H,16,20)(H,18,19). The van der Waals surface area contributed by atoms with Gasteiger partial charge in [-0.25, -0.2) is 9.18 Å². The van der Waals surface area contributed by atoms with Crippen molar-refractivity contribution in [3.05, 3.63) is 35.6 Å². The number of carboxylic acid groups (broad SMARTS) is 1. The van der Waals surface area contributed by atoms with Crippen LogP contribution in [0.2, 0.25) is 0 Å². The first-order valence-electron chi connectivity index (χ1n) is 6.51. The Morgan fingerprint density at radius 3 is 2.75 bits per heavy atom. The number of halogens is 1. The van der Waals surface area contributed by atoms with Gasteiger partial charge in [0.15, 0.2) is 0 Å². The summed E-state index contributed by atoms with van der Waals surface area (Å²) in [4.78, 5) is 24.3. The van der Waals surface area contributed by atoms with Gasteiger partial charge in [-0.2, -0.15) is 0 Å². The molecule has 0 aromatic heterocycles. The Balaban J connectivity index is 1.95. The first-order valence-corrected chi connectivity index (χ1v) is 6.51. The van der Waals surface area contributed by atoms with Crippen LogP contribution in [0.4, 0.5) is 9.18 Å². The maximum Gasteiger partial charge on any atom is 0.317 e. The van der Waals surface area contributed by atoms with E-state index >= 15 is 0 Å². The highest BCUT2D eigenvalue weighted by Gasteiger charge is 2.31. The summed E-state index contributed by atoms with van der Waals surface area (Å²) in [6.07, 6.45) is 0.455. The number of urea groups is 1. The molecule has 0 bridgehead atoms. The Kier molecular flexibility index (Phi) is 4.22. The zero-order valence-electron chi connectivity index (χ0n) is 11.2. The number of likely N-dealkylation sites (tertiary alicyclic amines) is 1. The van der Waals surface area contributed by atoms with Gasteiger partial charge >= 0.3 is 12.0 Å². The van der Waals surface area contributed by atoms with Crippen LogP contribution in [0.1, 0.15) is 24.9 Å². The molecule has 0 spiro atoms. The highest BCUT2D eigenvalue weighted by Crippen LogP contribution is 2.19. The van der Waals surface area contributed by atoms with Gasteiger partial charge in [-0.1, -0.05) is 18.2 Å². The van der Waals surface area contributed by atoms with E-state index in [1.807, 2.05) is 0 Å². The van der Waals surface area contributed by atoms with E-state index in [2.05, 4.69) is 5.32 Å². The fourth-order valence-corrected chi connectivity index (χ4v) is 2.33. The van der Waals surface area contributed by atoms with Crippen molar-refractivity contribution in [3.8, 4) is 0 Å². The molecule has 1 aromatic carbocycles. The second-order valence-electron chi connectivity index (χ2n) is 4.96. The Hall–Kier alpha value is -2.11. The van der Waals surface area contributed by atoms with Crippen molar-refractivity contribution in [2.45, 2.75) is 19.4 Å². The molecule has 1 fully saturated rings. The summed E-state index contributed by atoms with van der Waals surface area (Å²) in [5, 5.41) is 11.6. The van der Waals surface area contributed by atoms with Crippen molar-refractivity contribution < 1.29 is 19.1 Å². The van der Waals surface area contributed by atoms with Crippen molar-refractivity contribution in [1.82, 2.24) is 10.2 Å². The molecule has 2 unspecified atom stereocenters. The van der Waals surface area contributed by atoms with E-state index in [4.69, 9.17) is 5.11 Å². The molecule has 0 saturated carbocycles. The molecule has 0 aliphatic carbocycles. The Labute approximate surface area is 116 Å². The topological polar surface area (TPSA) is 69.6 Å². The molecule has 6 heteroatoms. The number of rotatable bonds is 3. The summed E-state index contributed by atoms with van der Waals surface area (Å²) in [6.45, 7) is 2.30. The molecule has 2 N–H and O–H groups in total. The van der Waals surface area contributed by atoms with Gasteiger partial charge in [-0.3, -0.25) is 4.79 Å². The maximum absolute atomic E-state index is 13.6. The molecule has 5 nitrogen and oxygen atoms in total. The van der Waals surface area contributed by atoms with Crippen LogP contribution in [-0.4, -0.2) is 35.1 Å². The summed E-state index contributed by atoms with van der Waals surface area (Å²) >= 11 is 0. The number of aliphatic carboxylic acids is 1. The molecule has 1 aliphatic rings. The van der Waals surface area contributed by atoms with E-state index in [0.29, 0.717) is 18.5 Å². The largest absolute Gasteiger partial charge is 0.481 e. The molecular formula is C14H17FN2O3. The Morgan fingerprint density at radius 1 is 1.45 bits per heavy atom. The van der Waals surface area contributed by atoms with Crippen LogP contribution >= 0.6 is 0 Å². The number of carbonyl (C=O) groups excluding carboxylic acids is 1. The number of hydrogen-bond acceptors (Lipinski definition) is 2. The second kappa shape index (κ2) is 5.90. The van der Waals surface area contributed by atoms with Gasteiger partial charge in [-0.15, -0.1) is 0 Å². The molecule has 1 aromatic rings. The fraction of sp³-hybridized carbons (Fsp3) is 0.429. The third-order valence-electron chi connectivity index (χ3n) is 3.54. The predicted molar refractivity (Wildman–Crippen MR) is 70.7 cm³/mol. The maximum atomic E-state index is 13.6. The summed E-state index contributed by atoms with van der Waals surface area (Å²) in [5.41, 5.74) is 0.412. The third-order valence-corrected chi connectivity index (χ3v) is 3.54. The average molecular weight is 280 g/mol. The lowest BCUT2D eigenvalue weighted by molar-refractivity contribution is -0.141. The van der Waals surface area contributed by atoms with Crippen molar-refractivity contribution in [2.75, 3.05) is 13.1 Å². The molecule has 20 heavy (non-hydrogen) atoms. The molecule has 2 atom stereocenters. The van der Waals surface area contributed by atoms with Gasteiger partial charge in [0.2, 0.25) is 0 Å². The smallest absolute Gasteiger partial charge is 0.317 e. The summed E-state index contributed by atoms with van der Waals surface area (Å²) in [7, 11) is 0. The number of hydrogen-bond donors (Lipinski definition) is 2. The van der Waals surface area contributed by atoms with Gasteiger partial charge in [0.1, 0.15) is 5.82 Å². The molecule has 2 rings (SSSR count).